The summed E-state index contributed by atoms with van der Waals surface area (Å²) in [5, 5.41) is 17.2. The van der Waals surface area contributed by atoms with Gasteiger partial charge in [-0.15, -0.1) is 0 Å². The Bertz CT molecular complexity index is 743. The van der Waals surface area contributed by atoms with E-state index in [1.807, 2.05) is 13.8 Å². The summed E-state index contributed by atoms with van der Waals surface area (Å²) < 4.78 is 27.7. The van der Waals surface area contributed by atoms with Crippen LogP contribution in [0.4, 0.5) is 8.78 Å². The van der Waals surface area contributed by atoms with E-state index in [9.17, 15) is 18.7 Å². The molecule has 2 atom stereocenters. The molecule has 0 saturated carbocycles. The van der Waals surface area contributed by atoms with Gasteiger partial charge in [-0.05, 0) is 36.6 Å². The number of hydrogen-bond acceptors (Lipinski definition) is 3. The first-order chi connectivity index (χ1) is 11.2. The molecule has 0 spiro atoms. The van der Waals surface area contributed by atoms with Gasteiger partial charge in [0.1, 0.15) is 5.69 Å². The lowest BCUT2D eigenvalue weighted by Crippen LogP contribution is -2.38. The molecule has 0 aliphatic carbocycles. The van der Waals surface area contributed by atoms with Gasteiger partial charge in [-0.1, -0.05) is 19.9 Å². The number of carbonyl (C=O) groups is 1. The summed E-state index contributed by atoms with van der Waals surface area (Å²) in [6.07, 6.45) is -1.16. The lowest BCUT2D eigenvalue weighted by atomic mass is 10.0. The molecule has 2 aromatic rings. The number of halogens is 2. The van der Waals surface area contributed by atoms with Gasteiger partial charge in [-0.2, -0.15) is 5.10 Å². The molecule has 0 saturated heterocycles. The van der Waals surface area contributed by atoms with Gasteiger partial charge in [-0.3, -0.25) is 9.48 Å². The first kappa shape index (κ1) is 18.1. The summed E-state index contributed by atoms with van der Waals surface area (Å²) in [7, 11) is 1.66. The molecule has 2 unspecified atom stereocenters. The van der Waals surface area contributed by atoms with Gasteiger partial charge in [0.15, 0.2) is 11.6 Å². The molecule has 5 nitrogen and oxygen atoms in total. The second-order valence-electron chi connectivity index (χ2n) is 6.11. The van der Waals surface area contributed by atoms with Crippen molar-refractivity contribution in [1.29, 1.82) is 0 Å². The number of nitrogens with zero attached hydrogens (tertiary/aromatic N) is 2. The van der Waals surface area contributed by atoms with Crippen molar-refractivity contribution in [3.05, 3.63) is 52.9 Å². The Morgan fingerprint density at radius 3 is 2.42 bits per heavy atom. The third-order valence-corrected chi connectivity index (χ3v) is 3.84. The number of hydrogen-bond donors (Lipinski definition) is 2. The fourth-order valence-corrected chi connectivity index (χ4v) is 2.33. The molecule has 0 radical (unpaired) electrons. The lowest BCUT2D eigenvalue weighted by molar-refractivity contribution is 0.0842. The van der Waals surface area contributed by atoms with Crippen molar-refractivity contribution in [3.63, 3.8) is 0 Å². The minimum absolute atomic E-state index is 0.183. The van der Waals surface area contributed by atoms with Gasteiger partial charge < -0.3 is 10.4 Å². The van der Waals surface area contributed by atoms with Crippen molar-refractivity contribution in [3.8, 4) is 0 Å². The molecule has 1 heterocycles. The zero-order valence-corrected chi connectivity index (χ0v) is 14.0. The topological polar surface area (TPSA) is 67.2 Å². The smallest absolute Gasteiger partial charge is 0.269 e. The van der Waals surface area contributed by atoms with Crippen molar-refractivity contribution in [1.82, 2.24) is 15.1 Å². The quantitative estimate of drug-likeness (QED) is 0.881. The van der Waals surface area contributed by atoms with Gasteiger partial charge in [0.05, 0.1) is 17.8 Å². The molecule has 1 amide bonds. The van der Waals surface area contributed by atoms with Crippen LogP contribution in [0.25, 0.3) is 0 Å². The van der Waals surface area contributed by atoms with Crippen LogP contribution in [0.1, 0.15) is 54.5 Å². The van der Waals surface area contributed by atoms with Crippen molar-refractivity contribution in [2.75, 3.05) is 0 Å². The number of nitrogens with one attached hydrogen (secondary N) is 1. The van der Waals surface area contributed by atoms with Gasteiger partial charge in [0.2, 0.25) is 0 Å². The van der Waals surface area contributed by atoms with Crippen molar-refractivity contribution in [2.24, 2.45) is 7.05 Å². The fraction of sp³-hybridized carbons (Fsp3) is 0.412. The number of amides is 1. The van der Waals surface area contributed by atoms with Crippen molar-refractivity contribution in [2.45, 2.75) is 38.8 Å². The highest BCUT2D eigenvalue weighted by Crippen LogP contribution is 2.20. The lowest BCUT2D eigenvalue weighted by Gasteiger charge is -2.20. The van der Waals surface area contributed by atoms with Crippen LogP contribution >= 0.6 is 0 Å². The first-order valence-electron chi connectivity index (χ1n) is 7.68. The molecular formula is C17H21F2N3O2. The summed E-state index contributed by atoms with van der Waals surface area (Å²) in [5.41, 5.74) is 1.34. The number of aryl methyl sites for hydroxylation is 1. The van der Waals surface area contributed by atoms with Crippen LogP contribution < -0.4 is 5.32 Å². The average molecular weight is 337 g/mol. The van der Waals surface area contributed by atoms with Crippen LogP contribution in [-0.2, 0) is 7.05 Å². The third kappa shape index (κ3) is 3.79. The van der Waals surface area contributed by atoms with E-state index in [1.165, 1.54) is 10.7 Å². The van der Waals surface area contributed by atoms with Crippen molar-refractivity contribution < 1.29 is 18.7 Å². The predicted molar refractivity (Wildman–Crippen MR) is 85.5 cm³/mol. The van der Waals surface area contributed by atoms with E-state index in [-0.39, 0.29) is 11.5 Å². The fourth-order valence-electron chi connectivity index (χ4n) is 2.33. The normalized spacial score (nSPS) is 13.8. The second kappa shape index (κ2) is 7.09. The monoisotopic (exact) mass is 337 g/mol. The molecule has 0 fully saturated rings. The van der Waals surface area contributed by atoms with E-state index in [2.05, 4.69) is 10.4 Å². The number of aliphatic hydroxyl groups is 1. The first-order valence-corrected chi connectivity index (χ1v) is 7.68. The molecule has 1 aromatic carbocycles. The standard InChI is InChI=1S/C17H21F2N3O2/c1-9(2)14-8-15(22(4)21-14)17(24)20-10(3)16(23)11-5-6-12(18)13(19)7-11/h5-10,16,23H,1-4H3,(H,20,24). The van der Waals surface area contributed by atoms with Gasteiger partial charge in [-0.25, -0.2) is 8.78 Å². The molecule has 0 aliphatic rings. The van der Waals surface area contributed by atoms with Gasteiger partial charge in [0.25, 0.3) is 5.91 Å². The summed E-state index contributed by atoms with van der Waals surface area (Å²) in [5.74, 6) is -2.24. The summed E-state index contributed by atoms with van der Waals surface area (Å²) in [6.45, 7) is 5.53. The zero-order valence-electron chi connectivity index (χ0n) is 14.0. The molecule has 1 aromatic heterocycles. The maximum atomic E-state index is 13.3. The molecule has 130 valence electrons. The van der Waals surface area contributed by atoms with E-state index < -0.39 is 29.7 Å². The van der Waals surface area contributed by atoms with Crippen LogP contribution in [0, 0.1) is 11.6 Å². The van der Waals surface area contributed by atoms with E-state index in [1.54, 1.807) is 20.0 Å². The van der Waals surface area contributed by atoms with Crippen molar-refractivity contribution >= 4 is 5.91 Å². The molecule has 2 N–H and O–H groups in total. The number of aliphatic hydroxyl groups excluding tert-OH is 1. The highest BCUT2D eigenvalue weighted by atomic mass is 19.2. The second-order valence-corrected chi connectivity index (χ2v) is 6.11. The summed E-state index contributed by atoms with van der Waals surface area (Å²) >= 11 is 0. The molecular weight excluding hydrogens is 316 g/mol. The maximum Gasteiger partial charge on any atom is 0.269 e. The largest absolute Gasteiger partial charge is 0.386 e. The Labute approximate surface area is 139 Å². The SMILES string of the molecule is CC(C)c1cc(C(=O)NC(C)C(O)c2ccc(F)c(F)c2)n(C)n1. The highest BCUT2D eigenvalue weighted by Gasteiger charge is 2.22. The van der Waals surface area contributed by atoms with E-state index in [4.69, 9.17) is 0 Å². The summed E-state index contributed by atoms with van der Waals surface area (Å²) in [4.78, 5) is 12.4. The van der Waals surface area contributed by atoms with Crippen LogP contribution in [0.15, 0.2) is 24.3 Å². The predicted octanol–water partition coefficient (Wildman–Crippen LogP) is 2.67. The molecule has 24 heavy (non-hydrogen) atoms. The number of aromatic nitrogens is 2. The Kier molecular flexibility index (Phi) is 5.33. The molecule has 0 bridgehead atoms. The van der Waals surface area contributed by atoms with E-state index in [0.717, 1.165) is 17.8 Å². The van der Waals surface area contributed by atoms with E-state index in [0.29, 0.717) is 5.69 Å². The maximum absolute atomic E-state index is 13.3. The Balaban J connectivity index is 2.11. The van der Waals surface area contributed by atoms with Crippen LogP contribution in [0.3, 0.4) is 0 Å². The minimum atomic E-state index is -1.16. The van der Waals surface area contributed by atoms with Gasteiger partial charge in [0, 0.05) is 7.05 Å². The number of carbonyl (C=O) groups excluding carboxylic acids is 1. The molecule has 2 rings (SSSR count). The van der Waals surface area contributed by atoms with Gasteiger partial charge >= 0.3 is 0 Å². The third-order valence-electron chi connectivity index (χ3n) is 3.84. The average Bonchev–Trinajstić information content (AvgIpc) is 2.91. The van der Waals surface area contributed by atoms with Crippen LogP contribution in [0.2, 0.25) is 0 Å². The zero-order chi connectivity index (χ0) is 18.0. The molecule has 0 aliphatic heterocycles. The molecule has 7 heteroatoms. The Morgan fingerprint density at radius 2 is 1.88 bits per heavy atom. The highest BCUT2D eigenvalue weighted by molar-refractivity contribution is 5.92. The minimum Gasteiger partial charge on any atom is -0.386 e. The summed E-state index contributed by atoms with van der Waals surface area (Å²) in [6, 6.07) is 4.14. The van der Waals surface area contributed by atoms with E-state index >= 15 is 0 Å². The number of benzene rings is 1. The number of rotatable bonds is 5. The Hall–Kier alpha value is -2.28. The Morgan fingerprint density at radius 1 is 1.21 bits per heavy atom. The van der Waals surface area contributed by atoms with Crippen LogP contribution in [-0.4, -0.2) is 26.8 Å². The van der Waals surface area contributed by atoms with Crippen LogP contribution in [0.5, 0.6) is 0 Å².